The maximum atomic E-state index is 12.8. The van der Waals surface area contributed by atoms with Crippen LogP contribution in [-0.2, 0) is 16.1 Å². The molecule has 3 fully saturated rings. The number of allylic oxidation sites excluding steroid dienone is 2. The molecule has 1 aromatic rings. The Balaban J connectivity index is 1.66. The molecule has 0 radical (unpaired) electrons. The van der Waals surface area contributed by atoms with Crippen LogP contribution in [0.4, 0.5) is 0 Å². The van der Waals surface area contributed by atoms with Gasteiger partial charge in [-0.15, -0.1) is 0 Å². The third kappa shape index (κ3) is 2.29. The molecule has 4 aliphatic rings. The summed E-state index contributed by atoms with van der Waals surface area (Å²) in [4.78, 5) is 12.8. The van der Waals surface area contributed by atoms with Crippen LogP contribution in [0.5, 0.6) is 0 Å². The third-order valence-electron chi connectivity index (χ3n) is 6.32. The molecule has 1 spiro atoms. The second kappa shape index (κ2) is 5.57. The van der Waals surface area contributed by atoms with Crippen LogP contribution in [0.3, 0.4) is 0 Å². The lowest BCUT2D eigenvalue weighted by Crippen LogP contribution is -2.65. The quantitative estimate of drug-likeness (QED) is 0.930. The average molecular weight is 312 g/mol. The van der Waals surface area contributed by atoms with Crippen molar-refractivity contribution in [3.05, 3.63) is 48.0 Å². The van der Waals surface area contributed by atoms with Gasteiger partial charge < -0.3 is 9.84 Å². The van der Waals surface area contributed by atoms with E-state index in [2.05, 4.69) is 12.1 Å². The molecule has 122 valence electrons. The largest absolute Gasteiger partial charge is 0.393 e. The monoisotopic (exact) mass is 312 g/mol. The fourth-order valence-electron chi connectivity index (χ4n) is 5.05. The van der Waals surface area contributed by atoms with E-state index in [1.807, 2.05) is 24.3 Å². The molecule has 0 aromatic heterocycles. The van der Waals surface area contributed by atoms with Gasteiger partial charge in [0.1, 0.15) is 0 Å². The molecular weight excluding hydrogens is 288 g/mol. The van der Waals surface area contributed by atoms with E-state index >= 15 is 0 Å². The van der Waals surface area contributed by atoms with E-state index in [-0.39, 0.29) is 17.8 Å². The van der Waals surface area contributed by atoms with Crippen LogP contribution < -0.4 is 0 Å². The van der Waals surface area contributed by atoms with Gasteiger partial charge in [0.15, 0.2) is 5.78 Å². The van der Waals surface area contributed by atoms with Gasteiger partial charge in [0, 0.05) is 6.42 Å². The number of benzene rings is 1. The number of ether oxygens (including phenoxy) is 1. The average Bonchev–Trinajstić information content (AvgIpc) is 2.58. The molecule has 0 amide bonds. The van der Waals surface area contributed by atoms with Crippen molar-refractivity contribution < 1.29 is 14.6 Å². The molecule has 1 aromatic carbocycles. The SMILES string of the molecule is O=C1C=CCCC12C[C@@H]1CC[C@]2(OCc2ccccc2)C[C@@H]1O. The predicted molar refractivity (Wildman–Crippen MR) is 87.7 cm³/mol. The van der Waals surface area contributed by atoms with Gasteiger partial charge in [-0.3, -0.25) is 4.79 Å². The Kier molecular flexibility index (Phi) is 3.66. The van der Waals surface area contributed by atoms with Gasteiger partial charge in [0.05, 0.1) is 23.7 Å². The lowest BCUT2D eigenvalue weighted by atomic mass is 9.48. The molecule has 3 nitrogen and oxygen atoms in total. The van der Waals surface area contributed by atoms with E-state index in [1.54, 1.807) is 6.08 Å². The summed E-state index contributed by atoms with van der Waals surface area (Å²) in [7, 11) is 0. The molecule has 0 saturated heterocycles. The normalized spacial score (nSPS) is 39.1. The Hall–Kier alpha value is -1.45. The maximum absolute atomic E-state index is 12.8. The second-order valence-corrected chi connectivity index (χ2v) is 7.43. The first-order chi connectivity index (χ1) is 11.2. The Morgan fingerprint density at radius 1 is 1.17 bits per heavy atom. The third-order valence-corrected chi connectivity index (χ3v) is 6.32. The summed E-state index contributed by atoms with van der Waals surface area (Å²) >= 11 is 0. The van der Waals surface area contributed by atoms with Gasteiger partial charge in [-0.1, -0.05) is 36.4 Å². The standard InChI is InChI=1S/C20H24O3/c21-17-13-20(23-14-15-6-2-1-3-7-15)11-9-16(17)12-19(20)10-5-4-8-18(19)22/h1-4,6-8,16-17,21H,5,9-14H2/t16-,17-,19?,20-/m0/s1. The highest BCUT2D eigenvalue weighted by atomic mass is 16.5. The van der Waals surface area contributed by atoms with Crippen molar-refractivity contribution >= 4 is 5.78 Å². The molecule has 3 saturated carbocycles. The van der Waals surface area contributed by atoms with Gasteiger partial charge in [0.25, 0.3) is 0 Å². The first kappa shape index (κ1) is 15.1. The highest BCUT2D eigenvalue weighted by molar-refractivity contribution is 5.97. The minimum Gasteiger partial charge on any atom is -0.393 e. The number of aliphatic hydroxyl groups excluding tert-OH is 1. The molecular formula is C20H24O3. The zero-order valence-corrected chi connectivity index (χ0v) is 13.4. The van der Waals surface area contributed by atoms with Crippen molar-refractivity contribution in [1.82, 2.24) is 0 Å². The summed E-state index contributed by atoms with van der Waals surface area (Å²) in [5.41, 5.74) is 0.204. The Labute approximate surface area is 137 Å². The van der Waals surface area contributed by atoms with Crippen molar-refractivity contribution in [3.8, 4) is 0 Å². The van der Waals surface area contributed by atoms with E-state index in [0.717, 1.165) is 37.7 Å². The smallest absolute Gasteiger partial charge is 0.164 e. The zero-order valence-electron chi connectivity index (χ0n) is 13.4. The first-order valence-electron chi connectivity index (χ1n) is 8.72. The summed E-state index contributed by atoms with van der Waals surface area (Å²) in [5.74, 6) is 0.473. The lowest BCUT2D eigenvalue weighted by Gasteiger charge is -2.60. The van der Waals surface area contributed by atoms with Gasteiger partial charge in [-0.25, -0.2) is 0 Å². The second-order valence-electron chi connectivity index (χ2n) is 7.43. The number of hydrogen-bond acceptors (Lipinski definition) is 3. The van der Waals surface area contributed by atoms with E-state index in [0.29, 0.717) is 13.0 Å². The molecule has 5 rings (SSSR count). The van der Waals surface area contributed by atoms with Gasteiger partial charge >= 0.3 is 0 Å². The van der Waals surface area contributed by atoms with E-state index in [1.165, 1.54) is 0 Å². The number of fused-ring (bicyclic) bond motifs is 2. The Morgan fingerprint density at radius 3 is 2.74 bits per heavy atom. The molecule has 3 heteroatoms. The van der Waals surface area contributed by atoms with Crippen molar-refractivity contribution in [3.63, 3.8) is 0 Å². The van der Waals surface area contributed by atoms with Crippen molar-refractivity contribution in [2.24, 2.45) is 11.3 Å². The fourth-order valence-corrected chi connectivity index (χ4v) is 5.05. The van der Waals surface area contributed by atoms with Crippen molar-refractivity contribution in [2.75, 3.05) is 0 Å². The summed E-state index contributed by atoms with van der Waals surface area (Å²) in [6.45, 7) is 0.511. The van der Waals surface area contributed by atoms with Crippen LogP contribution in [0, 0.1) is 11.3 Å². The van der Waals surface area contributed by atoms with Gasteiger partial charge in [-0.2, -0.15) is 0 Å². The minimum atomic E-state index is -0.501. The molecule has 23 heavy (non-hydrogen) atoms. The van der Waals surface area contributed by atoms with Crippen molar-refractivity contribution in [2.45, 2.75) is 56.8 Å². The molecule has 0 heterocycles. The number of aliphatic hydroxyl groups is 1. The van der Waals surface area contributed by atoms with Crippen LogP contribution in [0.15, 0.2) is 42.5 Å². The van der Waals surface area contributed by atoms with E-state index in [4.69, 9.17) is 4.74 Å². The highest BCUT2D eigenvalue weighted by Gasteiger charge is 2.64. The summed E-state index contributed by atoms with van der Waals surface area (Å²) in [6.07, 6.45) is 8.45. The number of rotatable bonds is 3. The molecule has 1 N–H and O–H groups in total. The van der Waals surface area contributed by atoms with Crippen LogP contribution in [-0.4, -0.2) is 22.6 Å². The summed E-state index contributed by atoms with van der Waals surface area (Å²) in [6, 6.07) is 10.1. The fraction of sp³-hybridized carbons (Fsp3) is 0.550. The van der Waals surface area contributed by atoms with E-state index < -0.39 is 11.0 Å². The number of ketones is 1. The topological polar surface area (TPSA) is 46.5 Å². The van der Waals surface area contributed by atoms with Crippen LogP contribution in [0.25, 0.3) is 0 Å². The molecule has 4 atom stereocenters. The van der Waals surface area contributed by atoms with Crippen LogP contribution in [0.1, 0.15) is 44.1 Å². The first-order valence-corrected chi connectivity index (χ1v) is 8.72. The van der Waals surface area contributed by atoms with E-state index in [9.17, 15) is 9.90 Å². The number of carbonyl (C=O) groups is 1. The summed E-state index contributed by atoms with van der Waals surface area (Å²) < 4.78 is 6.46. The highest BCUT2D eigenvalue weighted by Crippen LogP contribution is 2.60. The maximum Gasteiger partial charge on any atom is 0.164 e. The number of hydrogen-bond donors (Lipinski definition) is 1. The van der Waals surface area contributed by atoms with Crippen LogP contribution >= 0.6 is 0 Å². The molecule has 1 unspecified atom stereocenters. The Morgan fingerprint density at radius 2 is 2.00 bits per heavy atom. The lowest BCUT2D eigenvalue weighted by molar-refractivity contribution is -0.230. The van der Waals surface area contributed by atoms with Crippen LogP contribution in [0.2, 0.25) is 0 Å². The van der Waals surface area contributed by atoms with Gasteiger partial charge in [-0.05, 0) is 49.7 Å². The van der Waals surface area contributed by atoms with Crippen molar-refractivity contribution in [1.29, 1.82) is 0 Å². The zero-order chi connectivity index (χ0) is 15.9. The Bertz CT molecular complexity index is 623. The number of carbonyl (C=O) groups excluding carboxylic acids is 1. The molecule has 0 aliphatic heterocycles. The van der Waals surface area contributed by atoms with Gasteiger partial charge in [0.2, 0.25) is 0 Å². The molecule has 2 bridgehead atoms. The predicted octanol–water partition coefficient (Wildman–Crippen LogP) is 3.41. The molecule has 4 aliphatic carbocycles. The minimum absolute atomic E-state index is 0.216. The summed E-state index contributed by atoms with van der Waals surface area (Å²) in [5, 5.41) is 10.5.